The first-order chi connectivity index (χ1) is 14.7. The van der Waals surface area contributed by atoms with E-state index in [9.17, 15) is 9.59 Å². The van der Waals surface area contributed by atoms with E-state index in [1.807, 2.05) is 6.07 Å². The number of Topliss-reactive ketones (excluding diaryl/α,β-unsaturated/α-hetero) is 1. The maximum atomic E-state index is 12.8. The number of ketones is 1. The summed E-state index contributed by atoms with van der Waals surface area (Å²) in [6.45, 7) is 8.15. The molecule has 162 valence electrons. The molecule has 2 heterocycles. The molecule has 2 aliphatic carbocycles. The Labute approximate surface area is 179 Å². The van der Waals surface area contributed by atoms with Gasteiger partial charge in [-0.3, -0.25) is 19.4 Å². The number of fused-ring (bicyclic) bond motifs is 1. The zero-order valence-electron chi connectivity index (χ0n) is 18.0. The average Bonchev–Trinajstić information content (AvgIpc) is 3.45. The van der Waals surface area contributed by atoms with Crippen LogP contribution in [0.1, 0.15) is 48.0 Å². The molecule has 3 fully saturated rings. The third-order valence-corrected chi connectivity index (χ3v) is 7.62. The summed E-state index contributed by atoms with van der Waals surface area (Å²) in [5, 5.41) is 0. The van der Waals surface area contributed by atoms with Crippen LogP contribution in [0.5, 0.6) is 0 Å². The largest absolute Gasteiger partial charge is 0.369 e. The quantitative estimate of drug-likeness (QED) is 0.760. The van der Waals surface area contributed by atoms with Crippen molar-refractivity contribution in [2.24, 2.45) is 0 Å². The molecule has 0 atom stereocenters. The molecule has 0 unspecified atom stereocenters. The van der Waals surface area contributed by atoms with Crippen molar-refractivity contribution in [2.45, 2.75) is 44.6 Å². The summed E-state index contributed by atoms with van der Waals surface area (Å²) >= 11 is 0. The van der Waals surface area contributed by atoms with Gasteiger partial charge in [-0.2, -0.15) is 0 Å². The van der Waals surface area contributed by atoms with Gasteiger partial charge in [-0.15, -0.1) is 0 Å². The van der Waals surface area contributed by atoms with Gasteiger partial charge in [0.2, 0.25) is 5.91 Å². The Morgan fingerprint density at radius 1 is 0.900 bits per heavy atom. The minimum atomic E-state index is 0.281. The van der Waals surface area contributed by atoms with Crippen molar-refractivity contribution >= 4 is 17.4 Å². The molecule has 0 aromatic heterocycles. The second kappa shape index (κ2) is 8.67. The van der Waals surface area contributed by atoms with Crippen LogP contribution in [0.4, 0.5) is 5.69 Å². The molecule has 0 N–H and O–H groups in total. The number of carbonyl (C=O) groups excluding carboxylic acids is 2. The van der Waals surface area contributed by atoms with Crippen LogP contribution >= 0.6 is 0 Å². The number of rotatable bonds is 4. The molecule has 1 saturated carbocycles. The van der Waals surface area contributed by atoms with E-state index in [4.69, 9.17) is 0 Å². The Hall–Kier alpha value is -1.92. The first-order valence-corrected chi connectivity index (χ1v) is 11.8. The van der Waals surface area contributed by atoms with Crippen molar-refractivity contribution in [3.8, 4) is 0 Å². The van der Waals surface area contributed by atoms with E-state index in [0.717, 1.165) is 70.4 Å². The molecule has 6 nitrogen and oxygen atoms in total. The van der Waals surface area contributed by atoms with Crippen molar-refractivity contribution in [1.82, 2.24) is 14.7 Å². The van der Waals surface area contributed by atoms with Crippen LogP contribution < -0.4 is 4.90 Å². The average molecular weight is 411 g/mol. The molecule has 0 radical (unpaired) electrons. The van der Waals surface area contributed by atoms with Crippen LogP contribution in [0.3, 0.4) is 0 Å². The third kappa shape index (κ3) is 4.12. The SMILES string of the molecule is O=C1CCc2cc(N3CCN(CC(=O)N4CCN(C5CCCC5)CC4)CC3)ccc21. The van der Waals surface area contributed by atoms with Gasteiger partial charge in [0.05, 0.1) is 6.54 Å². The molecule has 6 heteroatoms. The number of anilines is 1. The van der Waals surface area contributed by atoms with Gasteiger partial charge in [-0.1, -0.05) is 12.8 Å². The fourth-order valence-corrected chi connectivity index (χ4v) is 5.70. The highest BCUT2D eigenvalue weighted by atomic mass is 16.2. The summed E-state index contributed by atoms with van der Waals surface area (Å²) in [6.07, 6.45) is 6.98. The molecule has 1 amide bonds. The zero-order chi connectivity index (χ0) is 20.5. The van der Waals surface area contributed by atoms with Crippen LogP contribution in [-0.4, -0.2) is 91.3 Å². The highest BCUT2D eigenvalue weighted by Gasteiger charge is 2.29. The highest BCUT2D eigenvalue weighted by Crippen LogP contribution is 2.28. The molecule has 4 aliphatic rings. The minimum absolute atomic E-state index is 0.281. The first kappa shape index (κ1) is 20.0. The van der Waals surface area contributed by atoms with Crippen molar-refractivity contribution < 1.29 is 9.59 Å². The summed E-state index contributed by atoms with van der Waals surface area (Å²) in [5.41, 5.74) is 3.33. The summed E-state index contributed by atoms with van der Waals surface area (Å²) in [4.78, 5) is 34.1. The summed E-state index contributed by atoms with van der Waals surface area (Å²) in [6, 6.07) is 7.06. The number of benzene rings is 1. The Morgan fingerprint density at radius 2 is 1.63 bits per heavy atom. The number of aryl methyl sites for hydroxylation is 1. The van der Waals surface area contributed by atoms with Crippen molar-refractivity contribution in [1.29, 1.82) is 0 Å². The van der Waals surface area contributed by atoms with Crippen LogP contribution in [-0.2, 0) is 11.2 Å². The number of hydrogen-bond acceptors (Lipinski definition) is 5. The van der Waals surface area contributed by atoms with Crippen molar-refractivity contribution in [3.05, 3.63) is 29.3 Å². The van der Waals surface area contributed by atoms with Gasteiger partial charge in [0.25, 0.3) is 0 Å². The molecular formula is C24H34N4O2. The zero-order valence-corrected chi connectivity index (χ0v) is 18.0. The Bertz CT molecular complexity index is 788. The smallest absolute Gasteiger partial charge is 0.236 e. The highest BCUT2D eigenvalue weighted by molar-refractivity contribution is 6.00. The van der Waals surface area contributed by atoms with E-state index in [1.54, 1.807) is 0 Å². The van der Waals surface area contributed by atoms with Gasteiger partial charge in [-0.25, -0.2) is 0 Å². The summed E-state index contributed by atoms with van der Waals surface area (Å²) in [7, 11) is 0. The fraction of sp³-hybridized carbons (Fsp3) is 0.667. The van der Waals surface area contributed by atoms with Gasteiger partial charge in [0.1, 0.15) is 0 Å². The summed E-state index contributed by atoms with van der Waals surface area (Å²) < 4.78 is 0. The van der Waals surface area contributed by atoms with Crippen LogP contribution in [0, 0.1) is 0 Å². The number of hydrogen-bond donors (Lipinski definition) is 0. The monoisotopic (exact) mass is 410 g/mol. The molecular weight excluding hydrogens is 376 g/mol. The molecule has 0 spiro atoms. The Morgan fingerprint density at radius 3 is 2.37 bits per heavy atom. The van der Waals surface area contributed by atoms with Crippen molar-refractivity contribution in [2.75, 3.05) is 63.8 Å². The molecule has 5 rings (SSSR count). The standard InChI is InChI=1S/C24H34N4O2/c29-23-8-5-19-17-21(6-7-22(19)23)27-11-9-25(10-12-27)18-24(30)28-15-13-26(14-16-28)20-3-1-2-4-20/h6-7,17,20H,1-5,8-16,18H2. The normalized spacial score (nSPS) is 23.9. The lowest BCUT2D eigenvalue weighted by molar-refractivity contribution is -0.134. The predicted octanol–water partition coefficient (Wildman–Crippen LogP) is 2.02. The van der Waals surface area contributed by atoms with Crippen LogP contribution in [0.25, 0.3) is 0 Å². The number of carbonyl (C=O) groups is 2. The number of amides is 1. The molecule has 2 aliphatic heterocycles. The second-order valence-electron chi connectivity index (χ2n) is 9.38. The lowest BCUT2D eigenvalue weighted by atomic mass is 10.1. The third-order valence-electron chi connectivity index (χ3n) is 7.62. The molecule has 2 saturated heterocycles. The van der Waals surface area contributed by atoms with E-state index in [2.05, 4.69) is 31.7 Å². The maximum absolute atomic E-state index is 12.8. The molecule has 30 heavy (non-hydrogen) atoms. The van der Waals surface area contributed by atoms with Crippen LogP contribution in [0.2, 0.25) is 0 Å². The predicted molar refractivity (Wildman–Crippen MR) is 118 cm³/mol. The van der Waals surface area contributed by atoms with Gasteiger partial charge in [0, 0.05) is 76.1 Å². The molecule has 0 bridgehead atoms. The minimum Gasteiger partial charge on any atom is -0.369 e. The van der Waals surface area contributed by atoms with Crippen molar-refractivity contribution in [3.63, 3.8) is 0 Å². The van der Waals surface area contributed by atoms with E-state index in [1.165, 1.54) is 36.9 Å². The topological polar surface area (TPSA) is 47.1 Å². The lowest BCUT2D eigenvalue weighted by Crippen LogP contribution is -2.55. The second-order valence-corrected chi connectivity index (χ2v) is 9.38. The van der Waals surface area contributed by atoms with Gasteiger partial charge >= 0.3 is 0 Å². The number of nitrogens with zero attached hydrogens (tertiary/aromatic N) is 4. The Kier molecular flexibility index (Phi) is 5.79. The van der Waals surface area contributed by atoms with E-state index < -0.39 is 0 Å². The molecule has 1 aromatic rings. The molecule has 1 aromatic carbocycles. The van der Waals surface area contributed by atoms with E-state index in [0.29, 0.717) is 18.9 Å². The van der Waals surface area contributed by atoms with E-state index >= 15 is 0 Å². The van der Waals surface area contributed by atoms with Gasteiger partial charge in [0.15, 0.2) is 5.78 Å². The maximum Gasteiger partial charge on any atom is 0.236 e. The number of piperazine rings is 2. The van der Waals surface area contributed by atoms with Gasteiger partial charge in [-0.05, 0) is 43.0 Å². The van der Waals surface area contributed by atoms with Gasteiger partial charge < -0.3 is 9.80 Å². The Balaban J connectivity index is 1.08. The summed E-state index contributed by atoms with van der Waals surface area (Å²) in [5.74, 6) is 0.578. The van der Waals surface area contributed by atoms with E-state index in [-0.39, 0.29) is 5.78 Å². The first-order valence-electron chi connectivity index (χ1n) is 11.8. The van der Waals surface area contributed by atoms with Crippen LogP contribution in [0.15, 0.2) is 18.2 Å². The lowest BCUT2D eigenvalue weighted by Gasteiger charge is -2.40. The fourth-order valence-electron chi connectivity index (χ4n) is 5.70.